The molecular formula is C10H18O2. The highest BCUT2D eigenvalue weighted by molar-refractivity contribution is 5.77. The van der Waals surface area contributed by atoms with Crippen LogP contribution in [0, 0.1) is 16.7 Å². The number of carboxylic acid groups (broad SMARTS) is 1. The second-order valence-electron chi connectivity index (χ2n) is 5.15. The summed E-state index contributed by atoms with van der Waals surface area (Å²) in [6.45, 7) is 8.18. The van der Waals surface area contributed by atoms with E-state index in [1.807, 2.05) is 20.8 Å². The van der Waals surface area contributed by atoms with E-state index in [2.05, 4.69) is 6.92 Å². The Morgan fingerprint density at radius 1 is 1.42 bits per heavy atom. The Kier molecular flexibility index (Phi) is 1.97. The lowest BCUT2D eigenvalue weighted by Gasteiger charge is -2.51. The minimum atomic E-state index is -0.618. The van der Waals surface area contributed by atoms with Crippen molar-refractivity contribution in [3.63, 3.8) is 0 Å². The summed E-state index contributed by atoms with van der Waals surface area (Å²) in [7, 11) is 0. The fraction of sp³-hybridized carbons (Fsp3) is 0.900. The maximum atomic E-state index is 11.1. The highest BCUT2D eigenvalue weighted by Crippen LogP contribution is 2.56. The zero-order valence-electron chi connectivity index (χ0n) is 8.35. The molecule has 0 bridgehead atoms. The zero-order valence-corrected chi connectivity index (χ0v) is 8.35. The van der Waals surface area contributed by atoms with Crippen molar-refractivity contribution < 1.29 is 9.90 Å². The lowest BCUT2D eigenvalue weighted by molar-refractivity contribution is -0.170. The molecule has 2 heteroatoms. The molecule has 1 N–H and O–H groups in total. The van der Waals surface area contributed by atoms with Gasteiger partial charge in [-0.25, -0.2) is 0 Å². The first-order chi connectivity index (χ1) is 5.29. The van der Waals surface area contributed by atoms with Gasteiger partial charge in [0.1, 0.15) is 0 Å². The second kappa shape index (κ2) is 2.48. The minimum absolute atomic E-state index is 0.106. The van der Waals surface area contributed by atoms with E-state index in [1.54, 1.807) is 0 Å². The molecule has 0 aliphatic heterocycles. The third kappa shape index (κ3) is 1.13. The van der Waals surface area contributed by atoms with Gasteiger partial charge in [-0.15, -0.1) is 0 Å². The Balaban J connectivity index is 2.84. The van der Waals surface area contributed by atoms with Gasteiger partial charge in [0.15, 0.2) is 0 Å². The van der Waals surface area contributed by atoms with Crippen molar-refractivity contribution in [3.05, 3.63) is 0 Å². The van der Waals surface area contributed by atoms with Crippen LogP contribution in [0.1, 0.15) is 40.5 Å². The van der Waals surface area contributed by atoms with Crippen LogP contribution in [0.2, 0.25) is 0 Å². The van der Waals surface area contributed by atoms with E-state index in [0.29, 0.717) is 5.92 Å². The lowest BCUT2D eigenvalue weighted by Crippen LogP contribution is -2.51. The molecule has 2 nitrogen and oxygen atoms in total. The van der Waals surface area contributed by atoms with Gasteiger partial charge in [-0.05, 0) is 24.2 Å². The van der Waals surface area contributed by atoms with Crippen LogP contribution < -0.4 is 0 Å². The lowest BCUT2D eigenvalue weighted by atomic mass is 9.51. The number of hydrogen-bond acceptors (Lipinski definition) is 1. The first-order valence-electron chi connectivity index (χ1n) is 4.53. The summed E-state index contributed by atoms with van der Waals surface area (Å²) in [6.07, 6.45) is 1.68. The molecule has 0 aromatic heterocycles. The summed E-state index contributed by atoms with van der Waals surface area (Å²) >= 11 is 0. The largest absolute Gasteiger partial charge is 0.481 e. The van der Waals surface area contributed by atoms with Crippen LogP contribution in [0.3, 0.4) is 0 Å². The highest BCUT2D eigenvalue weighted by Gasteiger charge is 2.55. The summed E-state index contributed by atoms with van der Waals surface area (Å²) in [5.41, 5.74) is -0.558. The maximum absolute atomic E-state index is 11.1. The smallest absolute Gasteiger partial charge is 0.310 e. The van der Waals surface area contributed by atoms with Crippen LogP contribution in [0.4, 0.5) is 0 Å². The molecule has 1 rings (SSSR count). The predicted octanol–water partition coefficient (Wildman–Crippen LogP) is 2.53. The minimum Gasteiger partial charge on any atom is -0.481 e. The molecule has 0 amide bonds. The quantitative estimate of drug-likeness (QED) is 0.656. The van der Waals surface area contributed by atoms with Crippen LogP contribution in [0.5, 0.6) is 0 Å². The normalized spacial score (nSPS) is 35.8. The van der Waals surface area contributed by atoms with Crippen molar-refractivity contribution in [1.29, 1.82) is 0 Å². The third-order valence-electron chi connectivity index (χ3n) is 3.24. The number of hydrogen-bond donors (Lipinski definition) is 1. The van der Waals surface area contributed by atoms with Gasteiger partial charge >= 0.3 is 5.97 Å². The predicted molar refractivity (Wildman–Crippen MR) is 47.9 cm³/mol. The van der Waals surface area contributed by atoms with E-state index in [0.717, 1.165) is 12.8 Å². The average molecular weight is 170 g/mol. The molecule has 0 heterocycles. The maximum Gasteiger partial charge on any atom is 0.310 e. The molecule has 1 aliphatic carbocycles. The van der Waals surface area contributed by atoms with Crippen molar-refractivity contribution in [2.45, 2.75) is 40.5 Å². The molecule has 0 saturated heterocycles. The van der Waals surface area contributed by atoms with E-state index in [-0.39, 0.29) is 5.41 Å². The molecule has 12 heavy (non-hydrogen) atoms. The summed E-state index contributed by atoms with van der Waals surface area (Å²) < 4.78 is 0. The average Bonchev–Trinajstić information content (AvgIpc) is 1.76. The van der Waals surface area contributed by atoms with E-state index >= 15 is 0 Å². The van der Waals surface area contributed by atoms with Gasteiger partial charge in [-0.2, -0.15) is 0 Å². The molecule has 1 saturated carbocycles. The summed E-state index contributed by atoms with van der Waals surface area (Å²) in [4.78, 5) is 11.1. The summed E-state index contributed by atoms with van der Waals surface area (Å²) in [6, 6.07) is 0. The van der Waals surface area contributed by atoms with Crippen molar-refractivity contribution in [2.24, 2.45) is 16.7 Å². The number of aliphatic carboxylic acids is 1. The molecule has 1 aliphatic rings. The Morgan fingerprint density at radius 3 is 1.92 bits per heavy atom. The fourth-order valence-corrected chi connectivity index (χ4v) is 2.24. The summed E-state index contributed by atoms with van der Waals surface area (Å²) in [5.74, 6) is -0.0339. The Bertz CT molecular complexity index is 194. The van der Waals surface area contributed by atoms with Crippen LogP contribution in [0.15, 0.2) is 0 Å². The molecule has 70 valence electrons. The van der Waals surface area contributed by atoms with E-state index in [9.17, 15) is 4.79 Å². The van der Waals surface area contributed by atoms with Gasteiger partial charge < -0.3 is 5.11 Å². The topological polar surface area (TPSA) is 37.3 Å². The van der Waals surface area contributed by atoms with E-state index in [1.165, 1.54) is 0 Å². The van der Waals surface area contributed by atoms with Gasteiger partial charge in [-0.1, -0.05) is 27.7 Å². The van der Waals surface area contributed by atoms with Crippen LogP contribution >= 0.6 is 0 Å². The van der Waals surface area contributed by atoms with Crippen LogP contribution in [-0.2, 0) is 4.79 Å². The molecule has 1 fully saturated rings. The highest BCUT2D eigenvalue weighted by atomic mass is 16.4. The third-order valence-corrected chi connectivity index (χ3v) is 3.24. The molecule has 0 aromatic carbocycles. The Labute approximate surface area is 74.0 Å². The molecule has 0 spiro atoms. The van der Waals surface area contributed by atoms with E-state index < -0.39 is 11.4 Å². The van der Waals surface area contributed by atoms with Gasteiger partial charge in [0.2, 0.25) is 0 Å². The monoisotopic (exact) mass is 170 g/mol. The van der Waals surface area contributed by atoms with Crippen molar-refractivity contribution in [1.82, 2.24) is 0 Å². The molecule has 0 radical (unpaired) electrons. The molecule has 0 unspecified atom stereocenters. The Morgan fingerprint density at radius 2 is 1.83 bits per heavy atom. The number of carboxylic acids is 1. The van der Waals surface area contributed by atoms with Crippen molar-refractivity contribution in [2.75, 3.05) is 0 Å². The van der Waals surface area contributed by atoms with Gasteiger partial charge in [0, 0.05) is 0 Å². The number of rotatable bonds is 1. The molecular weight excluding hydrogens is 152 g/mol. The molecule has 0 aromatic rings. The van der Waals surface area contributed by atoms with Crippen LogP contribution in [0.25, 0.3) is 0 Å². The Hall–Kier alpha value is -0.530. The zero-order chi connectivity index (χ0) is 9.57. The second-order valence-corrected chi connectivity index (χ2v) is 5.15. The standard InChI is InChI=1S/C10H18O2/c1-7-5-10(6-7,8(11)12)9(2,3)4/h7H,5-6H2,1-4H3,(H,11,12). The molecule has 0 atom stereocenters. The first-order valence-corrected chi connectivity index (χ1v) is 4.53. The van der Waals surface area contributed by atoms with Crippen molar-refractivity contribution >= 4 is 5.97 Å². The van der Waals surface area contributed by atoms with Crippen LogP contribution in [-0.4, -0.2) is 11.1 Å². The van der Waals surface area contributed by atoms with Gasteiger partial charge in [0.05, 0.1) is 5.41 Å². The van der Waals surface area contributed by atoms with E-state index in [4.69, 9.17) is 5.11 Å². The van der Waals surface area contributed by atoms with Gasteiger partial charge in [-0.3, -0.25) is 4.79 Å². The fourth-order valence-electron chi connectivity index (χ4n) is 2.24. The summed E-state index contributed by atoms with van der Waals surface area (Å²) in [5, 5.41) is 9.14. The van der Waals surface area contributed by atoms with Gasteiger partial charge in [0.25, 0.3) is 0 Å². The first kappa shape index (κ1) is 9.56. The number of carbonyl (C=O) groups is 1. The van der Waals surface area contributed by atoms with Crippen molar-refractivity contribution in [3.8, 4) is 0 Å². The SMILES string of the molecule is CC1CC(C(=O)O)(C(C)(C)C)C1.